The van der Waals surface area contributed by atoms with Gasteiger partial charge in [-0.15, -0.1) is 0 Å². The van der Waals surface area contributed by atoms with Crippen LogP contribution in [0.5, 0.6) is 0 Å². The third kappa shape index (κ3) is 2.51. The van der Waals surface area contributed by atoms with E-state index in [4.69, 9.17) is 5.11 Å². The number of carbonyl (C=O) groups is 1. The van der Waals surface area contributed by atoms with Crippen LogP contribution in [-0.2, 0) is 4.79 Å². The summed E-state index contributed by atoms with van der Waals surface area (Å²) < 4.78 is 0. The lowest BCUT2D eigenvalue weighted by Crippen LogP contribution is -2.23. The lowest BCUT2D eigenvalue weighted by molar-refractivity contribution is -0.144. The van der Waals surface area contributed by atoms with Crippen molar-refractivity contribution in [1.82, 2.24) is 0 Å². The summed E-state index contributed by atoms with van der Waals surface area (Å²) in [4.78, 5) is 10.9. The monoisotopic (exact) mass is 212 g/mol. The maximum Gasteiger partial charge on any atom is 0.309 e. The van der Waals surface area contributed by atoms with Crippen molar-refractivity contribution in [3.8, 4) is 0 Å². The Kier molecular flexibility index (Phi) is 3.01. The van der Waals surface area contributed by atoms with Crippen molar-refractivity contribution in [1.29, 1.82) is 0 Å². The summed E-state index contributed by atoms with van der Waals surface area (Å²) in [6.07, 6.45) is 7.39. The number of aliphatic carboxylic acids is 1. The predicted octanol–water partition coefficient (Wildman–Crippen LogP) is 2.18. The van der Waals surface area contributed by atoms with E-state index in [0.717, 1.165) is 19.3 Å². The molecule has 0 bridgehead atoms. The highest BCUT2D eigenvalue weighted by atomic mass is 16.4. The number of carboxylic acid groups (broad SMARTS) is 1. The van der Waals surface area contributed by atoms with Gasteiger partial charge in [-0.25, -0.2) is 0 Å². The number of aliphatic hydroxyl groups is 1. The van der Waals surface area contributed by atoms with Gasteiger partial charge in [0.15, 0.2) is 0 Å². The molecule has 0 aromatic carbocycles. The van der Waals surface area contributed by atoms with Gasteiger partial charge in [-0.2, -0.15) is 0 Å². The van der Waals surface area contributed by atoms with E-state index in [-0.39, 0.29) is 0 Å². The second-order valence-electron chi connectivity index (χ2n) is 5.33. The van der Waals surface area contributed by atoms with Gasteiger partial charge in [0.05, 0.1) is 11.5 Å². The first-order chi connectivity index (χ1) is 7.12. The Morgan fingerprint density at radius 2 is 1.93 bits per heavy atom. The zero-order chi connectivity index (χ0) is 10.9. The first-order valence-corrected chi connectivity index (χ1v) is 6.04. The van der Waals surface area contributed by atoms with Gasteiger partial charge < -0.3 is 10.2 Å². The van der Waals surface area contributed by atoms with Crippen molar-refractivity contribution < 1.29 is 15.0 Å². The number of aliphatic hydroxyl groups excluding tert-OH is 1. The summed E-state index contributed by atoms with van der Waals surface area (Å²) in [5, 5.41) is 18.9. The Morgan fingerprint density at radius 1 is 1.33 bits per heavy atom. The first kappa shape index (κ1) is 10.9. The average molecular weight is 212 g/mol. The van der Waals surface area contributed by atoms with Crippen molar-refractivity contribution >= 4 is 5.97 Å². The Morgan fingerprint density at radius 3 is 2.40 bits per heavy atom. The Balaban J connectivity index is 1.76. The normalized spacial score (nSPS) is 26.5. The molecule has 0 aromatic heterocycles. The van der Waals surface area contributed by atoms with Crippen molar-refractivity contribution in [3.05, 3.63) is 0 Å². The van der Waals surface area contributed by atoms with Crippen LogP contribution >= 0.6 is 0 Å². The molecule has 15 heavy (non-hydrogen) atoms. The van der Waals surface area contributed by atoms with Crippen LogP contribution < -0.4 is 0 Å². The second kappa shape index (κ2) is 4.12. The molecule has 3 nitrogen and oxygen atoms in total. The van der Waals surface area contributed by atoms with E-state index in [2.05, 4.69) is 0 Å². The molecule has 86 valence electrons. The molecule has 0 amide bonds. The van der Waals surface area contributed by atoms with Gasteiger partial charge >= 0.3 is 5.97 Å². The Bertz CT molecular complexity index is 239. The van der Waals surface area contributed by atoms with Gasteiger partial charge in [0.2, 0.25) is 0 Å². The summed E-state index contributed by atoms with van der Waals surface area (Å²) >= 11 is 0. The molecule has 1 atom stereocenters. The molecular weight excluding hydrogens is 192 g/mol. The SMILES string of the molecule is O=C(O)C1(CC(O)CC2CCCC2)CC1. The summed E-state index contributed by atoms with van der Waals surface area (Å²) in [7, 11) is 0. The summed E-state index contributed by atoms with van der Waals surface area (Å²) in [5.41, 5.74) is -0.558. The molecule has 2 fully saturated rings. The summed E-state index contributed by atoms with van der Waals surface area (Å²) in [5.74, 6) is -0.0717. The predicted molar refractivity (Wildman–Crippen MR) is 56.5 cm³/mol. The van der Waals surface area contributed by atoms with Crippen LogP contribution in [0.4, 0.5) is 0 Å². The van der Waals surface area contributed by atoms with Crippen LogP contribution in [0.3, 0.4) is 0 Å². The zero-order valence-electron chi connectivity index (χ0n) is 9.11. The minimum atomic E-state index is -0.715. The third-order valence-electron chi connectivity index (χ3n) is 4.01. The average Bonchev–Trinajstić information content (AvgIpc) is 2.75. The number of hydrogen-bond donors (Lipinski definition) is 2. The zero-order valence-corrected chi connectivity index (χ0v) is 9.11. The highest BCUT2D eigenvalue weighted by Crippen LogP contribution is 2.50. The fourth-order valence-electron chi connectivity index (χ4n) is 2.82. The molecular formula is C12H20O3. The van der Waals surface area contributed by atoms with Gasteiger partial charge in [-0.3, -0.25) is 4.79 Å². The van der Waals surface area contributed by atoms with Crippen molar-refractivity contribution in [3.63, 3.8) is 0 Å². The quantitative estimate of drug-likeness (QED) is 0.734. The standard InChI is InChI=1S/C12H20O3/c13-10(7-9-3-1-2-4-9)8-12(5-6-12)11(14)15/h9-10,13H,1-8H2,(H,14,15). The lowest BCUT2D eigenvalue weighted by atomic mass is 9.91. The van der Waals surface area contributed by atoms with Gasteiger partial charge in [0.25, 0.3) is 0 Å². The molecule has 2 N–H and O–H groups in total. The molecule has 3 heteroatoms. The Labute approximate surface area is 90.5 Å². The van der Waals surface area contributed by atoms with Crippen LogP contribution in [0.1, 0.15) is 51.4 Å². The molecule has 0 saturated heterocycles. The van der Waals surface area contributed by atoms with Gasteiger partial charge in [0, 0.05) is 0 Å². The lowest BCUT2D eigenvalue weighted by Gasteiger charge is -2.18. The van der Waals surface area contributed by atoms with E-state index in [1.54, 1.807) is 0 Å². The summed E-state index contributed by atoms with van der Waals surface area (Å²) in [6, 6.07) is 0. The molecule has 0 aromatic rings. The van der Waals surface area contributed by atoms with Gasteiger partial charge in [0.1, 0.15) is 0 Å². The maximum absolute atomic E-state index is 10.9. The third-order valence-corrected chi connectivity index (χ3v) is 4.01. The largest absolute Gasteiger partial charge is 0.481 e. The minimum Gasteiger partial charge on any atom is -0.481 e. The van der Waals surface area contributed by atoms with Crippen molar-refractivity contribution in [2.45, 2.75) is 57.5 Å². The first-order valence-electron chi connectivity index (χ1n) is 6.04. The van der Waals surface area contributed by atoms with Gasteiger partial charge in [-0.05, 0) is 31.6 Å². The van der Waals surface area contributed by atoms with E-state index in [9.17, 15) is 9.90 Å². The highest BCUT2D eigenvalue weighted by Gasteiger charge is 2.51. The van der Waals surface area contributed by atoms with Crippen LogP contribution in [0.2, 0.25) is 0 Å². The summed E-state index contributed by atoms with van der Waals surface area (Å²) in [6.45, 7) is 0. The van der Waals surface area contributed by atoms with E-state index < -0.39 is 17.5 Å². The van der Waals surface area contributed by atoms with E-state index in [1.807, 2.05) is 0 Å². The van der Waals surface area contributed by atoms with Crippen LogP contribution in [0, 0.1) is 11.3 Å². The maximum atomic E-state index is 10.9. The van der Waals surface area contributed by atoms with Crippen LogP contribution in [0.25, 0.3) is 0 Å². The molecule has 0 aliphatic heterocycles. The molecule has 2 rings (SSSR count). The number of carboxylic acids is 1. The fraction of sp³-hybridized carbons (Fsp3) is 0.917. The molecule has 0 spiro atoms. The van der Waals surface area contributed by atoms with Crippen molar-refractivity contribution in [2.75, 3.05) is 0 Å². The topological polar surface area (TPSA) is 57.5 Å². The smallest absolute Gasteiger partial charge is 0.309 e. The fourth-order valence-corrected chi connectivity index (χ4v) is 2.82. The Hall–Kier alpha value is -0.570. The molecule has 2 aliphatic rings. The van der Waals surface area contributed by atoms with E-state index in [0.29, 0.717) is 12.3 Å². The molecule has 2 saturated carbocycles. The van der Waals surface area contributed by atoms with Gasteiger partial charge in [-0.1, -0.05) is 25.7 Å². The van der Waals surface area contributed by atoms with E-state index in [1.165, 1.54) is 25.7 Å². The van der Waals surface area contributed by atoms with Crippen LogP contribution in [-0.4, -0.2) is 22.3 Å². The van der Waals surface area contributed by atoms with Crippen molar-refractivity contribution in [2.24, 2.45) is 11.3 Å². The highest BCUT2D eigenvalue weighted by molar-refractivity contribution is 5.77. The number of hydrogen-bond acceptors (Lipinski definition) is 2. The molecule has 0 radical (unpaired) electrons. The second-order valence-corrected chi connectivity index (χ2v) is 5.33. The van der Waals surface area contributed by atoms with Crippen LogP contribution in [0.15, 0.2) is 0 Å². The minimum absolute atomic E-state index is 0.397. The molecule has 0 heterocycles. The molecule has 1 unspecified atom stereocenters. The molecule has 2 aliphatic carbocycles. The van der Waals surface area contributed by atoms with E-state index >= 15 is 0 Å². The number of rotatable bonds is 5.